The van der Waals surface area contributed by atoms with E-state index in [0.29, 0.717) is 24.4 Å². The molecule has 3 heterocycles. The highest BCUT2D eigenvalue weighted by Gasteiger charge is 2.33. The highest BCUT2D eigenvalue weighted by Crippen LogP contribution is 2.41. The van der Waals surface area contributed by atoms with E-state index in [1.807, 2.05) is 18.9 Å². The highest BCUT2D eigenvalue weighted by molar-refractivity contribution is 5.89. The van der Waals surface area contributed by atoms with Crippen LogP contribution >= 0.6 is 0 Å². The summed E-state index contributed by atoms with van der Waals surface area (Å²) < 4.78 is 5.19. The molecular formula is C30H40N6O3. The lowest BCUT2D eigenvalue weighted by Crippen LogP contribution is -2.46. The van der Waals surface area contributed by atoms with Gasteiger partial charge in [-0.2, -0.15) is 4.98 Å². The summed E-state index contributed by atoms with van der Waals surface area (Å²) in [5.41, 5.74) is 3.32. The lowest BCUT2D eigenvalue weighted by Gasteiger charge is -2.40. The number of anilines is 2. The second kappa shape index (κ2) is 11.7. The van der Waals surface area contributed by atoms with E-state index in [1.54, 1.807) is 6.20 Å². The van der Waals surface area contributed by atoms with Crippen LogP contribution in [-0.2, 0) is 16.1 Å². The van der Waals surface area contributed by atoms with E-state index in [0.717, 1.165) is 43.0 Å². The number of carbonyl (C=O) groups is 2. The van der Waals surface area contributed by atoms with E-state index >= 15 is 0 Å². The summed E-state index contributed by atoms with van der Waals surface area (Å²) in [6, 6.07) is 9.61. The van der Waals surface area contributed by atoms with Crippen LogP contribution in [-0.4, -0.2) is 64.5 Å². The predicted molar refractivity (Wildman–Crippen MR) is 151 cm³/mol. The Labute approximate surface area is 231 Å². The molecule has 1 saturated carbocycles. The van der Waals surface area contributed by atoms with E-state index in [1.165, 1.54) is 35.8 Å². The molecule has 1 aromatic carbocycles. The number of ether oxygens (including phenoxy) is 1. The fraction of sp³-hybridized carbons (Fsp3) is 0.533. The molecule has 2 aromatic rings. The molecule has 2 amide bonds. The molecule has 1 unspecified atom stereocenters. The molecule has 2 fully saturated rings. The number of carbonyl (C=O) groups excluding carboxylic acids is 2. The van der Waals surface area contributed by atoms with Gasteiger partial charge in [0, 0.05) is 45.0 Å². The molecule has 1 saturated heterocycles. The third-order valence-electron chi connectivity index (χ3n) is 8.42. The normalized spacial score (nSPS) is 19.6. The number of piperidine rings is 1. The van der Waals surface area contributed by atoms with E-state index in [-0.39, 0.29) is 30.7 Å². The molecule has 0 radical (unpaired) electrons. The fourth-order valence-electron chi connectivity index (χ4n) is 5.74. The maximum atomic E-state index is 12.1. The van der Waals surface area contributed by atoms with Crippen LogP contribution in [0.5, 0.6) is 0 Å². The summed E-state index contributed by atoms with van der Waals surface area (Å²) in [6.45, 7) is 10.3. The van der Waals surface area contributed by atoms with E-state index in [9.17, 15) is 9.59 Å². The molecule has 9 heteroatoms. The van der Waals surface area contributed by atoms with Crippen LogP contribution in [0.15, 0.2) is 43.1 Å². The first kappa shape index (κ1) is 27.1. The van der Waals surface area contributed by atoms with E-state index in [4.69, 9.17) is 4.74 Å². The largest absolute Gasteiger partial charge is 0.444 e. The zero-order valence-corrected chi connectivity index (χ0v) is 23.3. The number of hydrogen-bond acceptors (Lipinski definition) is 7. The molecule has 1 aromatic heterocycles. The Balaban J connectivity index is 1.25. The molecule has 1 aliphatic carbocycles. The molecule has 9 nitrogen and oxygen atoms in total. The van der Waals surface area contributed by atoms with Gasteiger partial charge in [-0.1, -0.05) is 43.7 Å². The summed E-state index contributed by atoms with van der Waals surface area (Å²) in [5.74, 6) is 1.93. The molecule has 2 atom stereocenters. The number of fused-ring (bicyclic) bond motifs is 1. The number of likely N-dealkylation sites (N-methyl/N-ethyl adjacent to an activating group) is 1. The average Bonchev–Trinajstić information content (AvgIpc) is 3.79. The van der Waals surface area contributed by atoms with Crippen molar-refractivity contribution in [3.63, 3.8) is 0 Å². The van der Waals surface area contributed by atoms with E-state index < -0.39 is 0 Å². The lowest BCUT2D eigenvalue weighted by atomic mass is 9.94. The predicted octanol–water partition coefficient (Wildman–Crippen LogP) is 5.08. The lowest BCUT2D eigenvalue weighted by molar-refractivity contribution is -0.127. The van der Waals surface area contributed by atoms with Crippen molar-refractivity contribution in [1.82, 2.24) is 19.8 Å². The third-order valence-corrected chi connectivity index (χ3v) is 8.42. The Hall–Kier alpha value is -3.46. The minimum atomic E-state index is -0.375. The fourth-order valence-corrected chi connectivity index (χ4v) is 5.74. The van der Waals surface area contributed by atoms with Gasteiger partial charge in [0.15, 0.2) is 0 Å². The number of aromatic nitrogens is 2. The standard InChI is InChI=1S/C30H40N6O3/c1-5-27(37)34(4)25-13-15-35(16-14-25)26(17-21-7-8-21)23-11-9-22(10-12-23)20(3)32-29-31-18-24-19-39-30(38)36(6-2)28(24)33-29/h5,9-12,18,20-21,25-26H,1,6-8,13-17,19H2,2-4H3,(H,31,32,33)/t20-,26?/m0/s1. The van der Waals surface area contributed by atoms with Gasteiger partial charge in [0.05, 0.1) is 11.6 Å². The molecule has 3 aliphatic rings. The summed E-state index contributed by atoms with van der Waals surface area (Å²) in [4.78, 5) is 39.2. The second-order valence-corrected chi connectivity index (χ2v) is 11.0. The highest BCUT2D eigenvalue weighted by atomic mass is 16.6. The Morgan fingerprint density at radius 2 is 1.90 bits per heavy atom. The van der Waals surface area contributed by atoms with Gasteiger partial charge >= 0.3 is 6.09 Å². The number of hydrogen-bond donors (Lipinski definition) is 1. The van der Waals surface area contributed by atoms with Crippen molar-refractivity contribution in [3.05, 3.63) is 59.8 Å². The quantitative estimate of drug-likeness (QED) is 0.427. The van der Waals surface area contributed by atoms with Gasteiger partial charge in [0.25, 0.3) is 0 Å². The SMILES string of the molecule is C=CC(=O)N(C)C1CCN(C(CC2CC2)c2ccc([C@H](C)Nc3ncc4c(n3)N(CC)C(=O)OC4)cc2)CC1. The number of cyclic esters (lactones) is 1. The van der Waals surface area contributed by atoms with Gasteiger partial charge in [-0.05, 0) is 56.2 Å². The van der Waals surface area contributed by atoms with Crippen LogP contribution in [0.25, 0.3) is 0 Å². The van der Waals surface area contributed by atoms with Crippen molar-refractivity contribution in [1.29, 1.82) is 0 Å². The summed E-state index contributed by atoms with van der Waals surface area (Å²) in [7, 11) is 1.89. The van der Waals surface area contributed by atoms with Crippen molar-refractivity contribution in [2.24, 2.45) is 5.92 Å². The smallest absolute Gasteiger partial charge is 0.415 e. The number of nitrogens with zero attached hydrogens (tertiary/aromatic N) is 5. The monoisotopic (exact) mass is 532 g/mol. The van der Waals surface area contributed by atoms with Crippen LogP contribution < -0.4 is 10.2 Å². The molecule has 39 heavy (non-hydrogen) atoms. The molecule has 0 bridgehead atoms. The first-order chi connectivity index (χ1) is 18.9. The minimum Gasteiger partial charge on any atom is -0.444 e. The van der Waals surface area contributed by atoms with Crippen LogP contribution in [0.1, 0.15) is 74.7 Å². The van der Waals surface area contributed by atoms with Crippen molar-refractivity contribution in [2.45, 2.75) is 70.7 Å². The Morgan fingerprint density at radius 3 is 2.54 bits per heavy atom. The number of nitrogens with one attached hydrogen (secondary N) is 1. The van der Waals surface area contributed by atoms with Crippen LogP contribution in [0, 0.1) is 5.92 Å². The van der Waals surface area contributed by atoms with Gasteiger partial charge in [-0.15, -0.1) is 0 Å². The second-order valence-electron chi connectivity index (χ2n) is 11.0. The molecule has 1 N–H and O–H groups in total. The summed E-state index contributed by atoms with van der Waals surface area (Å²) in [6.07, 6.45) is 8.60. The first-order valence-corrected chi connectivity index (χ1v) is 14.2. The average molecular weight is 533 g/mol. The topological polar surface area (TPSA) is 90.9 Å². The number of likely N-dealkylation sites (tertiary alicyclic amines) is 1. The summed E-state index contributed by atoms with van der Waals surface area (Å²) >= 11 is 0. The van der Waals surface area contributed by atoms with Gasteiger partial charge in [-0.3, -0.25) is 14.6 Å². The summed E-state index contributed by atoms with van der Waals surface area (Å²) in [5, 5.41) is 3.40. The Morgan fingerprint density at radius 1 is 1.21 bits per heavy atom. The van der Waals surface area contributed by atoms with Gasteiger partial charge in [-0.25, -0.2) is 9.78 Å². The maximum Gasteiger partial charge on any atom is 0.415 e. The number of benzene rings is 1. The van der Waals surface area contributed by atoms with E-state index in [2.05, 4.69) is 58.0 Å². The van der Waals surface area contributed by atoms with Crippen LogP contribution in [0.2, 0.25) is 0 Å². The molecule has 0 spiro atoms. The van der Waals surface area contributed by atoms with Gasteiger partial charge in [0.2, 0.25) is 11.9 Å². The number of rotatable bonds is 10. The van der Waals surface area contributed by atoms with Crippen LogP contribution in [0.4, 0.5) is 16.6 Å². The minimum absolute atomic E-state index is 0.00159. The molecular weight excluding hydrogens is 492 g/mol. The zero-order valence-electron chi connectivity index (χ0n) is 23.3. The molecule has 208 valence electrons. The molecule has 2 aliphatic heterocycles. The van der Waals surface area contributed by atoms with Gasteiger partial charge in [0.1, 0.15) is 12.4 Å². The number of amides is 2. The van der Waals surface area contributed by atoms with Crippen molar-refractivity contribution < 1.29 is 14.3 Å². The van der Waals surface area contributed by atoms with Crippen molar-refractivity contribution in [3.8, 4) is 0 Å². The van der Waals surface area contributed by atoms with Crippen molar-refractivity contribution in [2.75, 3.05) is 36.9 Å². The van der Waals surface area contributed by atoms with Gasteiger partial charge < -0.3 is 15.0 Å². The Kier molecular flexibility index (Phi) is 8.16. The first-order valence-electron chi connectivity index (χ1n) is 14.2. The zero-order chi connectivity index (χ0) is 27.5. The van der Waals surface area contributed by atoms with Crippen molar-refractivity contribution >= 4 is 23.8 Å². The molecule has 5 rings (SSSR count). The third kappa shape index (κ3) is 6.08. The van der Waals surface area contributed by atoms with Crippen LogP contribution in [0.3, 0.4) is 0 Å². The Bertz CT molecular complexity index is 1190. The maximum absolute atomic E-state index is 12.1.